The van der Waals surface area contributed by atoms with Gasteiger partial charge in [-0.15, -0.1) is 4.91 Å². The molecule has 0 fully saturated rings. The van der Waals surface area contributed by atoms with Crippen molar-refractivity contribution in [2.75, 3.05) is 19.4 Å². The highest BCUT2D eigenvalue weighted by atomic mass is 32.2. The Morgan fingerprint density at radius 2 is 2.06 bits per heavy atom. The Labute approximate surface area is 106 Å². The molecule has 0 radical (unpaired) electrons. The van der Waals surface area contributed by atoms with Gasteiger partial charge >= 0.3 is 0 Å². The molecule has 0 aliphatic rings. The highest BCUT2D eigenvalue weighted by molar-refractivity contribution is 7.85. The smallest absolute Gasteiger partial charge is 0.264 e. The standard InChI is InChI=1S/C9H20N2O6S/c1-7(17-2)8(12)6-9(11-13)10-4-3-5-18(14,15)16/h7-10,12H,3-6H2,1-2H3,(H,14,15,16). The number of ether oxygens (including phenoxy) is 1. The van der Waals surface area contributed by atoms with E-state index >= 15 is 0 Å². The Morgan fingerprint density at radius 1 is 1.44 bits per heavy atom. The number of aliphatic hydroxyl groups excluding tert-OH is 1. The monoisotopic (exact) mass is 284 g/mol. The Bertz CT molecular complexity index is 334. The molecule has 3 atom stereocenters. The lowest BCUT2D eigenvalue weighted by Crippen LogP contribution is -2.36. The van der Waals surface area contributed by atoms with E-state index in [-0.39, 0.29) is 25.1 Å². The largest absolute Gasteiger partial charge is 0.390 e. The fourth-order valence-electron chi connectivity index (χ4n) is 1.26. The van der Waals surface area contributed by atoms with Gasteiger partial charge in [-0.05, 0) is 19.9 Å². The fraction of sp³-hybridized carbons (Fsp3) is 1.00. The zero-order valence-corrected chi connectivity index (χ0v) is 11.3. The Balaban J connectivity index is 3.94. The van der Waals surface area contributed by atoms with Crippen molar-refractivity contribution in [2.45, 2.75) is 38.1 Å². The van der Waals surface area contributed by atoms with Crippen LogP contribution in [0.15, 0.2) is 5.18 Å². The van der Waals surface area contributed by atoms with Crippen LogP contribution >= 0.6 is 0 Å². The molecule has 18 heavy (non-hydrogen) atoms. The number of methoxy groups -OCH3 is 1. The van der Waals surface area contributed by atoms with Gasteiger partial charge in [0.15, 0.2) is 0 Å². The lowest BCUT2D eigenvalue weighted by Gasteiger charge is -2.20. The van der Waals surface area contributed by atoms with Gasteiger partial charge < -0.3 is 9.84 Å². The maximum absolute atomic E-state index is 10.5. The first-order valence-electron chi connectivity index (χ1n) is 5.52. The summed E-state index contributed by atoms with van der Waals surface area (Å²) in [5.74, 6) is -0.386. The van der Waals surface area contributed by atoms with Crippen LogP contribution < -0.4 is 5.32 Å². The third-order valence-corrected chi connectivity index (χ3v) is 3.27. The summed E-state index contributed by atoms with van der Waals surface area (Å²) in [5.41, 5.74) is 0. The van der Waals surface area contributed by atoms with Gasteiger partial charge in [0.2, 0.25) is 0 Å². The molecule has 9 heteroatoms. The molecular weight excluding hydrogens is 264 g/mol. The Kier molecular flexibility index (Phi) is 8.20. The van der Waals surface area contributed by atoms with Crippen LogP contribution in [0.2, 0.25) is 0 Å². The first kappa shape index (κ1) is 17.4. The van der Waals surface area contributed by atoms with Crippen LogP contribution in [0.3, 0.4) is 0 Å². The zero-order chi connectivity index (χ0) is 14.2. The number of hydrogen-bond donors (Lipinski definition) is 3. The maximum atomic E-state index is 10.5. The minimum absolute atomic E-state index is 0.0738. The average molecular weight is 284 g/mol. The van der Waals surface area contributed by atoms with Crippen LogP contribution in [0.5, 0.6) is 0 Å². The van der Waals surface area contributed by atoms with Crippen LogP contribution in [-0.4, -0.2) is 55.9 Å². The van der Waals surface area contributed by atoms with Gasteiger partial charge in [-0.25, -0.2) is 0 Å². The van der Waals surface area contributed by atoms with Gasteiger partial charge in [-0.1, -0.05) is 5.18 Å². The van der Waals surface area contributed by atoms with E-state index in [1.54, 1.807) is 6.92 Å². The molecule has 108 valence electrons. The first-order chi connectivity index (χ1) is 8.30. The number of rotatable bonds is 10. The summed E-state index contributed by atoms with van der Waals surface area (Å²) in [5, 5.41) is 15.1. The van der Waals surface area contributed by atoms with Crippen molar-refractivity contribution in [1.82, 2.24) is 5.32 Å². The van der Waals surface area contributed by atoms with E-state index in [0.29, 0.717) is 0 Å². The predicted molar refractivity (Wildman–Crippen MR) is 65.7 cm³/mol. The summed E-state index contributed by atoms with van der Waals surface area (Å²) < 4.78 is 34.3. The van der Waals surface area contributed by atoms with E-state index in [1.165, 1.54) is 7.11 Å². The highest BCUT2D eigenvalue weighted by Crippen LogP contribution is 2.06. The van der Waals surface area contributed by atoms with Crippen LogP contribution in [-0.2, 0) is 14.9 Å². The van der Waals surface area contributed by atoms with Gasteiger partial charge in [-0.3, -0.25) is 9.87 Å². The van der Waals surface area contributed by atoms with Crippen molar-refractivity contribution in [1.29, 1.82) is 0 Å². The second-order valence-corrected chi connectivity index (χ2v) is 5.53. The van der Waals surface area contributed by atoms with Gasteiger partial charge in [0.05, 0.1) is 18.0 Å². The van der Waals surface area contributed by atoms with Gasteiger partial charge in [0.1, 0.15) is 6.17 Å². The molecule has 0 heterocycles. The molecule has 0 bridgehead atoms. The number of hydrogen-bond acceptors (Lipinski definition) is 7. The molecule has 0 aromatic rings. The lowest BCUT2D eigenvalue weighted by atomic mass is 10.1. The summed E-state index contributed by atoms with van der Waals surface area (Å²) >= 11 is 0. The topological polar surface area (TPSA) is 125 Å². The second-order valence-electron chi connectivity index (χ2n) is 3.96. The van der Waals surface area contributed by atoms with E-state index in [9.17, 15) is 18.4 Å². The predicted octanol–water partition coefficient (Wildman–Crippen LogP) is -0.268. The molecule has 0 amide bonds. The molecule has 0 aliphatic heterocycles. The van der Waals surface area contributed by atoms with Gasteiger partial charge in [-0.2, -0.15) is 8.42 Å². The van der Waals surface area contributed by atoms with E-state index in [0.717, 1.165) is 0 Å². The van der Waals surface area contributed by atoms with Crippen molar-refractivity contribution in [3.05, 3.63) is 4.91 Å². The molecule has 3 N–H and O–H groups in total. The Hall–Kier alpha value is -0.610. The number of nitroso groups, excluding NO2 is 1. The molecule has 0 spiro atoms. The second kappa shape index (κ2) is 8.48. The van der Waals surface area contributed by atoms with Crippen LogP contribution in [0, 0.1) is 4.91 Å². The summed E-state index contributed by atoms with van der Waals surface area (Å²) in [6, 6.07) is 0. The normalized spacial score (nSPS) is 17.1. The molecule has 8 nitrogen and oxygen atoms in total. The molecular formula is C9H20N2O6S. The molecule has 3 unspecified atom stereocenters. The highest BCUT2D eigenvalue weighted by Gasteiger charge is 2.19. The van der Waals surface area contributed by atoms with Crippen LogP contribution in [0.1, 0.15) is 19.8 Å². The lowest BCUT2D eigenvalue weighted by molar-refractivity contribution is -0.00865. The fourth-order valence-corrected chi connectivity index (χ4v) is 1.77. The number of nitrogens with zero attached hydrogens (tertiary/aromatic N) is 1. The van der Waals surface area contributed by atoms with Crippen molar-refractivity contribution in [3.8, 4) is 0 Å². The maximum Gasteiger partial charge on any atom is 0.264 e. The van der Waals surface area contributed by atoms with Gasteiger partial charge in [0, 0.05) is 13.5 Å². The number of aliphatic hydroxyl groups is 1. The molecule has 0 rings (SSSR count). The molecule has 0 saturated carbocycles. The van der Waals surface area contributed by atoms with E-state index < -0.39 is 28.5 Å². The van der Waals surface area contributed by atoms with Crippen molar-refractivity contribution in [3.63, 3.8) is 0 Å². The van der Waals surface area contributed by atoms with Crippen LogP contribution in [0.25, 0.3) is 0 Å². The summed E-state index contributed by atoms with van der Waals surface area (Å²) in [6.07, 6.45) is -1.86. The molecule has 0 aliphatic carbocycles. The third kappa shape index (κ3) is 8.48. The third-order valence-electron chi connectivity index (χ3n) is 2.46. The summed E-state index contributed by atoms with van der Waals surface area (Å²) in [6.45, 7) is 1.86. The van der Waals surface area contributed by atoms with Crippen molar-refractivity contribution >= 4 is 10.1 Å². The minimum atomic E-state index is -3.99. The first-order valence-corrected chi connectivity index (χ1v) is 7.13. The minimum Gasteiger partial charge on any atom is -0.390 e. The molecule has 0 aromatic heterocycles. The summed E-state index contributed by atoms with van der Waals surface area (Å²) in [7, 11) is -2.55. The average Bonchev–Trinajstić information content (AvgIpc) is 2.30. The van der Waals surface area contributed by atoms with Crippen molar-refractivity contribution in [2.24, 2.45) is 5.18 Å². The Morgan fingerprint density at radius 3 is 2.50 bits per heavy atom. The van der Waals surface area contributed by atoms with E-state index in [4.69, 9.17) is 9.29 Å². The zero-order valence-electron chi connectivity index (χ0n) is 10.4. The van der Waals surface area contributed by atoms with E-state index in [1.807, 2.05) is 0 Å². The quantitative estimate of drug-likeness (QED) is 0.286. The van der Waals surface area contributed by atoms with Gasteiger partial charge in [0.25, 0.3) is 10.1 Å². The van der Waals surface area contributed by atoms with Crippen molar-refractivity contribution < 1.29 is 22.8 Å². The van der Waals surface area contributed by atoms with E-state index in [2.05, 4.69) is 10.5 Å². The number of nitrogens with one attached hydrogen (secondary N) is 1. The molecule has 0 saturated heterocycles. The molecule has 0 aromatic carbocycles. The van der Waals surface area contributed by atoms with Crippen LogP contribution in [0.4, 0.5) is 0 Å². The SMILES string of the molecule is COC(C)C(O)CC(N=O)NCCCS(=O)(=O)O. The summed E-state index contributed by atoms with van der Waals surface area (Å²) in [4.78, 5) is 10.5.